The summed E-state index contributed by atoms with van der Waals surface area (Å²) in [5, 5.41) is 0. The van der Waals surface area contributed by atoms with E-state index in [-0.39, 0.29) is 37.9 Å². The van der Waals surface area contributed by atoms with E-state index in [1.165, 1.54) is 0 Å². The minimum atomic E-state index is -0.955. The second kappa shape index (κ2) is 9.20. The Morgan fingerprint density at radius 2 is 1.91 bits per heavy atom. The fourth-order valence-electron chi connectivity index (χ4n) is 6.02. The molecule has 186 valence electrons. The van der Waals surface area contributed by atoms with E-state index in [1.807, 2.05) is 32.2 Å². The Kier molecular flexibility index (Phi) is 6.63. The first-order valence-electron chi connectivity index (χ1n) is 11.8. The Balaban J connectivity index is 1.95. The number of esters is 2. The molecule has 4 rings (SSSR count). The number of aryl methyl sites for hydroxylation is 1. The zero-order chi connectivity index (χ0) is 24.7. The Morgan fingerprint density at radius 3 is 2.59 bits per heavy atom. The minimum absolute atomic E-state index is 0.0993. The molecule has 2 aliphatic heterocycles. The minimum Gasteiger partial charge on any atom is -0.493 e. The van der Waals surface area contributed by atoms with Crippen molar-refractivity contribution in [3.8, 4) is 11.5 Å². The van der Waals surface area contributed by atoms with Crippen LogP contribution in [0.4, 0.5) is 0 Å². The monoisotopic (exact) mass is 473 g/mol. The lowest BCUT2D eigenvalue weighted by Gasteiger charge is -2.59. The first-order chi connectivity index (χ1) is 16.3. The van der Waals surface area contributed by atoms with E-state index in [0.717, 1.165) is 17.7 Å². The van der Waals surface area contributed by atoms with Crippen LogP contribution in [0.2, 0.25) is 0 Å². The molecule has 1 spiro atoms. The lowest BCUT2D eigenvalue weighted by molar-refractivity contribution is -0.200. The molecule has 9 heteroatoms. The van der Waals surface area contributed by atoms with Gasteiger partial charge in [0, 0.05) is 31.1 Å². The van der Waals surface area contributed by atoms with E-state index < -0.39 is 23.1 Å². The number of rotatable bonds is 7. The highest BCUT2D eigenvalue weighted by atomic mass is 16.6. The number of ether oxygens (including phenoxy) is 4. The highest BCUT2D eigenvalue weighted by molar-refractivity contribution is 5.73. The molecule has 0 radical (unpaired) electrons. The summed E-state index contributed by atoms with van der Waals surface area (Å²) in [5.74, 6) is 0.852. The van der Waals surface area contributed by atoms with Gasteiger partial charge in [-0.15, -0.1) is 0 Å². The number of fused-ring (bicyclic) bond motifs is 1. The van der Waals surface area contributed by atoms with E-state index in [0.29, 0.717) is 30.1 Å². The summed E-state index contributed by atoms with van der Waals surface area (Å²) >= 11 is 0. The highest BCUT2D eigenvalue weighted by Crippen LogP contribution is 2.64. The van der Waals surface area contributed by atoms with Gasteiger partial charge in [-0.2, -0.15) is 0 Å². The molecule has 0 saturated carbocycles. The van der Waals surface area contributed by atoms with Crippen LogP contribution >= 0.6 is 0 Å². The average Bonchev–Trinajstić information content (AvgIpc) is 3.16. The third-order valence-corrected chi connectivity index (χ3v) is 7.72. The Labute approximate surface area is 200 Å². The summed E-state index contributed by atoms with van der Waals surface area (Å²) < 4.78 is 24.4. The van der Waals surface area contributed by atoms with Crippen molar-refractivity contribution in [1.82, 2.24) is 4.90 Å². The molecule has 0 unspecified atom stereocenters. The molecule has 2 heterocycles. The van der Waals surface area contributed by atoms with Crippen molar-refractivity contribution >= 4 is 11.9 Å². The van der Waals surface area contributed by atoms with Crippen LogP contribution in [-0.2, 0) is 24.5 Å². The predicted octanol–water partition coefficient (Wildman–Crippen LogP) is 1.54. The Hall–Kier alpha value is -2.62. The molecular weight excluding hydrogens is 438 g/mol. The average molecular weight is 474 g/mol. The van der Waals surface area contributed by atoms with Crippen molar-refractivity contribution in [2.24, 2.45) is 11.5 Å². The van der Waals surface area contributed by atoms with Crippen molar-refractivity contribution in [3.05, 3.63) is 35.1 Å². The smallest absolute Gasteiger partial charge is 0.312 e. The molecule has 3 aliphatic rings. The number of nitrogens with zero attached hydrogens (tertiary/aromatic N) is 1. The predicted molar refractivity (Wildman–Crippen MR) is 125 cm³/mol. The summed E-state index contributed by atoms with van der Waals surface area (Å²) in [5.41, 5.74) is 11.5. The second-order valence-corrected chi connectivity index (χ2v) is 9.39. The Bertz CT molecular complexity index is 1010. The quantitative estimate of drug-likeness (QED) is 0.567. The third-order valence-electron chi connectivity index (χ3n) is 7.72. The normalized spacial score (nSPS) is 29.8. The molecule has 1 aromatic rings. The van der Waals surface area contributed by atoms with E-state index in [1.54, 1.807) is 7.11 Å². The van der Waals surface area contributed by atoms with Gasteiger partial charge in [0.05, 0.1) is 25.4 Å². The number of carbonyl (C=O) groups is 2. The van der Waals surface area contributed by atoms with Crippen LogP contribution in [0.25, 0.3) is 0 Å². The molecule has 0 aromatic heterocycles. The zero-order valence-corrected chi connectivity index (χ0v) is 20.4. The molecule has 1 fully saturated rings. The largest absolute Gasteiger partial charge is 0.493 e. The maximum atomic E-state index is 13.0. The number of nitrogens with two attached hydrogens (primary N) is 2. The van der Waals surface area contributed by atoms with Gasteiger partial charge in [-0.05, 0) is 51.6 Å². The Morgan fingerprint density at radius 1 is 1.21 bits per heavy atom. The molecule has 4 atom stereocenters. The first kappa shape index (κ1) is 24.5. The van der Waals surface area contributed by atoms with Crippen molar-refractivity contribution in [2.75, 3.05) is 33.8 Å². The van der Waals surface area contributed by atoms with E-state index in [2.05, 4.69) is 11.8 Å². The second-order valence-electron chi connectivity index (χ2n) is 9.39. The summed E-state index contributed by atoms with van der Waals surface area (Å²) in [4.78, 5) is 27.6. The maximum absolute atomic E-state index is 13.0. The van der Waals surface area contributed by atoms with Crippen LogP contribution in [0.3, 0.4) is 0 Å². The van der Waals surface area contributed by atoms with Gasteiger partial charge >= 0.3 is 11.9 Å². The van der Waals surface area contributed by atoms with Crippen LogP contribution in [-0.4, -0.2) is 68.4 Å². The summed E-state index contributed by atoms with van der Waals surface area (Å²) in [6.07, 6.45) is 2.40. The zero-order valence-electron chi connectivity index (χ0n) is 20.4. The molecular formula is C25H35N3O6. The fraction of sp³-hybridized carbons (Fsp3) is 0.600. The van der Waals surface area contributed by atoms with Gasteiger partial charge in [0.1, 0.15) is 11.4 Å². The number of carbonyl (C=O) groups excluding carboxylic acids is 2. The molecule has 1 aromatic carbocycles. The number of likely N-dealkylation sites (N-methyl/N-ethyl adjacent to an activating group) is 1. The molecule has 0 bridgehead atoms. The topological polar surface area (TPSA) is 126 Å². The van der Waals surface area contributed by atoms with Gasteiger partial charge in [-0.3, -0.25) is 14.5 Å². The van der Waals surface area contributed by atoms with Crippen LogP contribution in [0.1, 0.15) is 43.7 Å². The van der Waals surface area contributed by atoms with E-state index >= 15 is 0 Å². The fourth-order valence-corrected chi connectivity index (χ4v) is 6.02. The van der Waals surface area contributed by atoms with E-state index in [4.69, 9.17) is 30.4 Å². The lowest BCUT2D eigenvalue weighted by Crippen LogP contribution is -2.73. The van der Waals surface area contributed by atoms with Crippen molar-refractivity contribution in [2.45, 2.75) is 62.7 Å². The number of methoxy groups -OCH3 is 1. The number of likely N-dealkylation sites (tertiary alicyclic amines) is 1. The number of hydrogen-bond acceptors (Lipinski definition) is 9. The molecule has 34 heavy (non-hydrogen) atoms. The maximum Gasteiger partial charge on any atom is 0.312 e. The standard InChI is InChI=1S/C25H35N3O6/c1-15-5-6-17(31-4)22-21(15)24-11-14-28(3)16(2)25(24,34-20(30)9-13-27)10-7-18(23(24)33-22)32-19(29)8-12-26/h5-7,16,23H,8-14,26-27H2,1-4H3/t16-,23+,24+,25-/m1/s1. The van der Waals surface area contributed by atoms with Crippen molar-refractivity contribution in [3.63, 3.8) is 0 Å². The lowest BCUT2D eigenvalue weighted by atomic mass is 9.54. The van der Waals surface area contributed by atoms with Crippen LogP contribution in [0.15, 0.2) is 24.0 Å². The number of benzene rings is 1. The van der Waals surface area contributed by atoms with E-state index in [9.17, 15) is 9.59 Å². The summed E-state index contributed by atoms with van der Waals surface area (Å²) in [6.45, 7) is 5.23. The van der Waals surface area contributed by atoms with Gasteiger partial charge in [0.25, 0.3) is 0 Å². The molecule has 1 saturated heterocycles. The van der Waals surface area contributed by atoms with Crippen LogP contribution < -0.4 is 20.9 Å². The number of hydrogen-bond donors (Lipinski definition) is 2. The van der Waals surface area contributed by atoms with Crippen molar-refractivity contribution < 1.29 is 28.5 Å². The number of piperidine rings is 1. The van der Waals surface area contributed by atoms with Gasteiger partial charge in [0.15, 0.2) is 17.6 Å². The molecule has 0 amide bonds. The van der Waals surface area contributed by atoms with Gasteiger partial charge < -0.3 is 30.4 Å². The van der Waals surface area contributed by atoms with Crippen LogP contribution in [0.5, 0.6) is 11.5 Å². The first-order valence-corrected chi connectivity index (χ1v) is 11.8. The molecule has 9 nitrogen and oxygen atoms in total. The third kappa shape index (κ3) is 3.49. The summed E-state index contributed by atoms with van der Waals surface area (Å²) in [7, 11) is 3.62. The van der Waals surface area contributed by atoms with Crippen molar-refractivity contribution in [1.29, 1.82) is 0 Å². The van der Waals surface area contributed by atoms with Gasteiger partial charge in [-0.1, -0.05) is 6.07 Å². The van der Waals surface area contributed by atoms with Gasteiger partial charge in [0.2, 0.25) is 0 Å². The highest BCUT2D eigenvalue weighted by Gasteiger charge is 2.71. The molecule has 1 aliphatic carbocycles. The summed E-state index contributed by atoms with van der Waals surface area (Å²) in [6, 6.07) is 3.72. The van der Waals surface area contributed by atoms with Crippen LogP contribution in [0, 0.1) is 6.92 Å². The SMILES string of the molecule is COc1ccc(C)c2c1O[C@H]1C(OC(=O)CCN)=CC[C@@]3(OC(=O)CCN)[C@@H](C)N(C)CC[C@]213. The van der Waals surface area contributed by atoms with Gasteiger partial charge in [-0.25, -0.2) is 0 Å². The molecule has 4 N–H and O–H groups in total.